The summed E-state index contributed by atoms with van der Waals surface area (Å²) in [4.78, 5) is 59.0. The third-order valence-corrected chi connectivity index (χ3v) is 11.0. The lowest BCUT2D eigenvalue weighted by atomic mass is 9.85. The number of nitrogens with zero attached hydrogens (tertiary/aromatic N) is 1. The van der Waals surface area contributed by atoms with Gasteiger partial charge in [-0.3, -0.25) is 19.1 Å². The first-order valence-corrected chi connectivity index (χ1v) is 17.9. The van der Waals surface area contributed by atoms with Crippen LogP contribution in [0.3, 0.4) is 0 Å². The van der Waals surface area contributed by atoms with Gasteiger partial charge in [-0.25, -0.2) is 18.2 Å². The van der Waals surface area contributed by atoms with Crippen molar-refractivity contribution in [1.29, 1.82) is 0 Å². The van der Waals surface area contributed by atoms with Crippen LogP contribution in [0.5, 0.6) is 5.75 Å². The predicted octanol–water partition coefficient (Wildman–Crippen LogP) is 2.25. The molecule has 13 nitrogen and oxygen atoms in total. The van der Waals surface area contributed by atoms with Crippen LogP contribution in [0.2, 0.25) is 0 Å². The minimum absolute atomic E-state index is 0.0299. The smallest absolute Gasteiger partial charge is 0.407 e. The number of rotatable bonds is 6. The highest BCUT2D eigenvalue weighted by molar-refractivity contribution is 7.91. The Labute approximate surface area is 276 Å². The molecule has 2 bridgehead atoms. The topological polar surface area (TPSA) is 174 Å². The summed E-state index contributed by atoms with van der Waals surface area (Å²) in [5.41, 5.74) is -1.46. The molecule has 4 amide bonds. The minimum atomic E-state index is -3.87. The highest BCUT2D eigenvalue weighted by atomic mass is 32.2. The van der Waals surface area contributed by atoms with Crippen molar-refractivity contribution >= 4 is 39.9 Å². The number of hydrogen-bond acceptors (Lipinski definition) is 8. The van der Waals surface area contributed by atoms with Crippen LogP contribution in [0.15, 0.2) is 37.2 Å². The molecule has 3 heterocycles. The number of aromatic nitrogens is 1. The molecule has 4 N–H and O–H groups in total. The highest BCUT2D eigenvalue weighted by Gasteiger charge is 2.62. The summed E-state index contributed by atoms with van der Waals surface area (Å²) in [6.07, 6.45) is 12.2. The van der Waals surface area contributed by atoms with Crippen molar-refractivity contribution in [3.8, 4) is 5.75 Å². The Bertz CT molecular complexity index is 1540. The van der Waals surface area contributed by atoms with Crippen LogP contribution in [0.1, 0.15) is 77.7 Å². The molecule has 0 unspecified atom stereocenters. The van der Waals surface area contributed by atoms with E-state index in [0.717, 1.165) is 24.8 Å². The number of amides is 4. The number of sulfonamides is 1. The number of H-pyrrole nitrogens is 1. The molecule has 2 aliphatic carbocycles. The molecule has 47 heavy (non-hydrogen) atoms. The third kappa shape index (κ3) is 7.96. The fourth-order valence-electron chi connectivity index (χ4n) is 6.13. The molecule has 0 radical (unpaired) electrons. The Morgan fingerprint density at radius 2 is 1.96 bits per heavy atom. The van der Waals surface area contributed by atoms with Gasteiger partial charge in [0.15, 0.2) is 12.4 Å². The highest BCUT2D eigenvalue weighted by Crippen LogP contribution is 2.45. The molecule has 3 fully saturated rings. The maximum absolute atomic E-state index is 14.3. The van der Waals surface area contributed by atoms with Gasteiger partial charge in [0, 0.05) is 18.4 Å². The molecule has 1 saturated heterocycles. The summed E-state index contributed by atoms with van der Waals surface area (Å²) in [6.45, 7) is 9.40. The van der Waals surface area contributed by atoms with Gasteiger partial charge in [0.2, 0.25) is 21.8 Å². The molecule has 256 valence electrons. The monoisotopic (exact) mass is 672 g/mol. The molecule has 1 aromatic heterocycles. The van der Waals surface area contributed by atoms with Crippen LogP contribution in [0.4, 0.5) is 4.79 Å². The number of carbonyl (C=O) groups excluding carboxylic acids is 4. The van der Waals surface area contributed by atoms with E-state index in [2.05, 4.69) is 26.9 Å². The van der Waals surface area contributed by atoms with E-state index in [1.54, 1.807) is 33.0 Å². The number of nitrogens with one attached hydrogen (secondary N) is 4. The van der Waals surface area contributed by atoms with Gasteiger partial charge in [0.05, 0.1) is 24.0 Å². The molecule has 0 spiro atoms. The van der Waals surface area contributed by atoms with Gasteiger partial charge in [0.25, 0.3) is 5.91 Å². The van der Waals surface area contributed by atoms with Crippen molar-refractivity contribution < 1.29 is 42.1 Å². The standard InChI is InChI=1S/C33H45N5O8S/c1-5-22-18-33(22,30(41)37-47(43,44)24-12-13-24)36-28(39)25-17-23-20-38(25)29(40)27(32(2,3)4)35-31(42)45-16-10-8-6-7-9-11-21-19-34-15-14-26(21)46-23/h5,9,11,14-15,19,22-25,27H,1,6-8,10,12-13,16-18,20H2,2-4H3,(H,35,42)(H,36,39)(H,37,41)/p+1/b11-9+/t22-,23+,25-,27+,33+/m0/s1. The summed E-state index contributed by atoms with van der Waals surface area (Å²) in [6, 6.07) is -0.344. The average Bonchev–Trinajstić information content (AvgIpc) is 3.93. The molecule has 2 aliphatic heterocycles. The lowest BCUT2D eigenvalue weighted by Crippen LogP contribution is -2.60. The van der Waals surface area contributed by atoms with Gasteiger partial charge in [-0.2, -0.15) is 0 Å². The van der Waals surface area contributed by atoms with Crippen molar-refractivity contribution in [2.24, 2.45) is 11.3 Å². The van der Waals surface area contributed by atoms with E-state index >= 15 is 0 Å². The molecule has 2 saturated carbocycles. The van der Waals surface area contributed by atoms with Crippen molar-refractivity contribution in [2.45, 2.75) is 101 Å². The van der Waals surface area contributed by atoms with E-state index in [4.69, 9.17) is 9.47 Å². The Kier molecular flexibility index (Phi) is 9.99. The first kappa shape index (κ1) is 34.4. The quantitative estimate of drug-likeness (QED) is 0.386. The van der Waals surface area contributed by atoms with Crippen molar-refractivity contribution in [3.63, 3.8) is 0 Å². The van der Waals surface area contributed by atoms with E-state index in [0.29, 0.717) is 25.0 Å². The van der Waals surface area contributed by atoms with E-state index in [1.165, 1.54) is 11.0 Å². The second kappa shape index (κ2) is 13.7. The first-order chi connectivity index (χ1) is 22.2. The molecule has 14 heteroatoms. The van der Waals surface area contributed by atoms with Crippen LogP contribution >= 0.6 is 0 Å². The number of hydrogen-bond donors (Lipinski definition) is 3. The van der Waals surface area contributed by atoms with Crippen LogP contribution in [0.25, 0.3) is 6.08 Å². The number of allylic oxidation sites excluding steroid dienone is 1. The Balaban J connectivity index is 1.44. The third-order valence-electron chi connectivity index (χ3n) is 9.17. The Morgan fingerprint density at radius 3 is 2.64 bits per heavy atom. The second-order valence-corrected chi connectivity index (χ2v) is 15.9. The van der Waals surface area contributed by atoms with Gasteiger partial charge in [-0.1, -0.05) is 32.9 Å². The fraction of sp³-hybridized carbons (Fsp3) is 0.606. The maximum Gasteiger partial charge on any atom is 0.407 e. The largest absolute Gasteiger partial charge is 0.487 e. The van der Waals surface area contributed by atoms with Crippen LogP contribution in [-0.4, -0.2) is 79.3 Å². The lowest BCUT2D eigenvalue weighted by Gasteiger charge is -2.35. The zero-order valence-corrected chi connectivity index (χ0v) is 28.1. The van der Waals surface area contributed by atoms with E-state index in [-0.39, 0.29) is 26.0 Å². The summed E-state index contributed by atoms with van der Waals surface area (Å²) in [5, 5.41) is 4.89. The summed E-state index contributed by atoms with van der Waals surface area (Å²) >= 11 is 0. The van der Waals surface area contributed by atoms with Gasteiger partial charge >= 0.3 is 6.09 Å². The van der Waals surface area contributed by atoms with E-state index in [1.807, 2.05) is 18.3 Å². The van der Waals surface area contributed by atoms with Crippen molar-refractivity contribution in [3.05, 3.63) is 42.8 Å². The molecule has 5 rings (SSSR count). The minimum Gasteiger partial charge on any atom is -0.487 e. The first-order valence-electron chi connectivity index (χ1n) is 16.3. The number of ether oxygens (including phenoxy) is 2. The van der Waals surface area contributed by atoms with Crippen LogP contribution in [-0.2, 0) is 29.1 Å². The van der Waals surface area contributed by atoms with Crippen LogP contribution in [0, 0.1) is 11.3 Å². The SMILES string of the molecule is C=C[C@H]1C[C@]1(NC(=O)[C@@H]1C[C@@H]2CN1C(=O)[C@H](C(C)(C)C)NC(=O)OCCCCC/C=C/c1c[nH+]ccc1O2)C(=O)NS(=O)(=O)C1CC1. The predicted molar refractivity (Wildman–Crippen MR) is 172 cm³/mol. The molecule has 0 aromatic carbocycles. The number of pyridine rings is 1. The number of alkyl carbamates (subject to hydrolysis) is 1. The molecular weight excluding hydrogens is 626 g/mol. The molecular formula is C33H46N5O8S+. The van der Waals surface area contributed by atoms with Crippen molar-refractivity contribution in [1.82, 2.24) is 20.3 Å². The van der Waals surface area contributed by atoms with Gasteiger partial charge < -0.3 is 25.0 Å². The Hall–Kier alpha value is -3.94. The van der Waals surface area contributed by atoms with Gasteiger partial charge in [-0.05, 0) is 56.4 Å². The maximum atomic E-state index is 14.3. The molecule has 1 aromatic rings. The summed E-state index contributed by atoms with van der Waals surface area (Å²) < 4.78 is 39.2. The van der Waals surface area contributed by atoms with Gasteiger partial charge in [-0.15, -0.1) is 6.58 Å². The fourth-order valence-corrected chi connectivity index (χ4v) is 7.49. The zero-order chi connectivity index (χ0) is 34.0. The zero-order valence-electron chi connectivity index (χ0n) is 27.3. The second-order valence-electron chi connectivity index (χ2n) is 14.0. The number of aromatic amines is 1. The lowest BCUT2D eigenvalue weighted by molar-refractivity contribution is -0.378. The number of carbonyl (C=O) groups is 4. The van der Waals surface area contributed by atoms with E-state index < -0.39 is 74.1 Å². The molecule has 5 atom stereocenters. The summed E-state index contributed by atoms with van der Waals surface area (Å²) in [5.74, 6) is -1.87. The Morgan fingerprint density at radius 1 is 1.19 bits per heavy atom. The van der Waals surface area contributed by atoms with Gasteiger partial charge in [0.1, 0.15) is 29.5 Å². The molecule has 4 aliphatic rings. The van der Waals surface area contributed by atoms with Crippen LogP contribution < -0.4 is 25.1 Å². The number of cyclic esters (lactones) is 1. The normalized spacial score (nSPS) is 29.5. The summed E-state index contributed by atoms with van der Waals surface area (Å²) in [7, 11) is -3.87. The average molecular weight is 673 g/mol. The van der Waals surface area contributed by atoms with Crippen molar-refractivity contribution in [2.75, 3.05) is 13.2 Å². The number of fused-ring (bicyclic) bond motifs is 3. The van der Waals surface area contributed by atoms with E-state index in [9.17, 15) is 27.6 Å².